The van der Waals surface area contributed by atoms with Crippen LogP contribution in [0.15, 0.2) is 36.4 Å². The van der Waals surface area contributed by atoms with E-state index in [4.69, 9.17) is 32.7 Å². The SMILES string of the molecule is CCOc1cc(C=O)ccc1OCc1cccc(Cl)c1Cl. The minimum atomic E-state index is 0.264. The van der Waals surface area contributed by atoms with Crippen LogP contribution >= 0.6 is 23.2 Å². The van der Waals surface area contributed by atoms with Crippen LogP contribution in [-0.2, 0) is 6.61 Å². The van der Waals surface area contributed by atoms with Gasteiger partial charge in [-0.25, -0.2) is 0 Å². The highest BCUT2D eigenvalue weighted by molar-refractivity contribution is 6.42. The summed E-state index contributed by atoms with van der Waals surface area (Å²) in [5.41, 5.74) is 1.32. The van der Waals surface area contributed by atoms with Gasteiger partial charge in [0.05, 0.1) is 16.7 Å². The topological polar surface area (TPSA) is 35.5 Å². The van der Waals surface area contributed by atoms with Gasteiger partial charge in [-0.2, -0.15) is 0 Å². The fourth-order valence-electron chi connectivity index (χ4n) is 1.80. The fraction of sp³-hybridized carbons (Fsp3) is 0.188. The van der Waals surface area contributed by atoms with Crippen molar-refractivity contribution in [2.24, 2.45) is 0 Å². The van der Waals surface area contributed by atoms with E-state index in [9.17, 15) is 4.79 Å². The van der Waals surface area contributed by atoms with Gasteiger partial charge in [-0.05, 0) is 31.2 Å². The molecule has 0 aromatic heterocycles. The molecule has 0 aliphatic rings. The Morgan fingerprint density at radius 2 is 1.90 bits per heavy atom. The van der Waals surface area contributed by atoms with Crippen LogP contribution in [0.1, 0.15) is 22.8 Å². The third kappa shape index (κ3) is 3.90. The molecule has 110 valence electrons. The van der Waals surface area contributed by atoms with Crippen molar-refractivity contribution in [1.29, 1.82) is 0 Å². The maximum Gasteiger partial charge on any atom is 0.161 e. The maximum atomic E-state index is 10.8. The lowest BCUT2D eigenvalue weighted by molar-refractivity contribution is 0.112. The van der Waals surface area contributed by atoms with E-state index in [1.165, 1.54) is 0 Å². The Bertz CT molecular complexity index is 641. The van der Waals surface area contributed by atoms with E-state index in [0.29, 0.717) is 33.7 Å². The highest BCUT2D eigenvalue weighted by Gasteiger charge is 2.09. The molecule has 0 heterocycles. The Kier molecular flexibility index (Phi) is 5.48. The summed E-state index contributed by atoms with van der Waals surface area (Å²) in [5, 5.41) is 0.959. The number of hydrogen-bond acceptors (Lipinski definition) is 3. The number of carbonyl (C=O) groups excluding carboxylic acids is 1. The molecular weight excluding hydrogens is 311 g/mol. The number of rotatable bonds is 6. The molecule has 0 radical (unpaired) electrons. The molecule has 0 atom stereocenters. The van der Waals surface area contributed by atoms with E-state index < -0.39 is 0 Å². The zero-order valence-electron chi connectivity index (χ0n) is 11.4. The average molecular weight is 325 g/mol. The van der Waals surface area contributed by atoms with Crippen molar-refractivity contribution in [2.75, 3.05) is 6.61 Å². The van der Waals surface area contributed by atoms with Crippen LogP contribution in [0.5, 0.6) is 11.5 Å². The molecule has 0 aliphatic heterocycles. The maximum absolute atomic E-state index is 10.8. The summed E-state index contributed by atoms with van der Waals surface area (Å²) < 4.78 is 11.2. The first kappa shape index (κ1) is 15.7. The van der Waals surface area contributed by atoms with Crippen LogP contribution in [0.3, 0.4) is 0 Å². The second kappa shape index (κ2) is 7.34. The molecule has 21 heavy (non-hydrogen) atoms. The number of benzene rings is 2. The molecule has 0 unspecified atom stereocenters. The largest absolute Gasteiger partial charge is 0.490 e. The summed E-state index contributed by atoms with van der Waals surface area (Å²) in [6.45, 7) is 2.61. The minimum Gasteiger partial charge on any atom is -0.490 e. The zero-order valence-corrected chi connectivity index (χ0v) is 12.9. The molecule has 0 saturated heterocycles. The standard InChI is InChI=1S/C16H14Cl2O3/c1-2-20-15-8-11(9-19)6-7-14(15)21-10-12-4-3-5-13(17)16(12)18/h3-9H,2,10H2,1H3. The van der Waals surface area contributed by atoms with Gasteiger partial charge in [0.15, 0.2) is 11.5 Å². The first-order valence-corrected chi connectivity index (χ1v) is 7.19. The average Bonchev–Trinajstić information content (AvgIpc) is 2.50. The van der Waals surface area contributed by atoms with Gasteiger partial charge in [-0.1, -0.05) is 35.3 Å². The number of aldehydes is 1. The quantitative estimate of drug-likeness (QED) is 0.717. The van der Waals surface area contributed by atoms with Crippen molar-refractivity contribution in [2.45, 2.75) is 13.5 Å². The summed E-state index contributed by atoms with van der Waals surface area (Å²) in [6.07, 6.45) is 0.764. The van der Waals surface area contributed by atoms with Gasteiger partial charge in [-0.3, -0.25) is 4.79 Å². The van der Waals surface area contributed by atoms with Crippen LogP contribution < -0.4 is 9.47 Å². The number of carbonyl (C=O) groups is 1. The lowest BCUT2D eigenvalue weighted by Crippen LogP contribution is -2.01. The van der Waals surface area contributed by atoms with Gasteiger partial charge in [0.25, 0.3) is 0 Å². The number of halogens is 2. The number of ether oxygens (including phenoxy) is 2. The Labute approximate surface area is 133 Å². The molecule has 0 amide bonds. The molecule has 0 bridgehead atoms. The van der Waals surface area contributed by atoms with Crippen molar-refractivity contribution in [3.8, 4) is 11.5 Å². The van der Waals surface area contributed by atoms with Crippen LogP contribution in [0.25, 0.3) is 0 Å². The predicted octanol–water partition coefficient (Wildman–Crippen LogP) is 4.78. The van der Waals surface area contributed by atoms with Gasteiger partial charge in [0.2, 0.25) is 0 Å². The second-order valence-corrected chi connectivity index (χ2v) is 5.04. The third-order valence-electron chi connectivity index (χ3n) is 2.82. The van der Waals surface area contributed by atoms with Gasteiger partial charge < -0.3 is 9.47 Å². The van der Waals surface area contributed by atoms with E-state index in [1.807, 2.05) is 19.1 Å². The van der Waals surface area contributed by atoms with Gasteiger partial charge in [0.1, 0.15) is 12.9 Å². The van der Waals surface area contributed by atoms with Crippen molar-refractivity contribution in [3.63, 3.8) is 0 Å². The Morgan fingerprint density at radius 3 is 2.62 bits per heavy atom. The van der Waals surface area contributed by atoms with Crippen LogP contribution in [0.4, 0.5) is 0 Å². The smallest absolute Gasteiger partial charge is 0.161 e. The van der Waals surface area contributed by atoms with E-state index in [-0.39, 0.29) is 6.61 Å². The second-order valence-electron chi connectivity index (χ2n) is 4.26. The van der Waals surface area contributed by atoms with Crippen molar-refractivity contribution < 1.29 is 14.3 Å². The third-order valence-corrected chi connectivity index (χ3v) is 3.68. The van der Waals surface area contributed by atoms with Crippen molar-refractivity contribution in [1.82, 2.24) is 0 Å². The van der Waals surface area contributed by atoms with Gasteiger partial charge >= 0.3 is 0 Å². The summed E-state index contributed by atoms with van der Waals surface area (Å²) in [5.74, 6) is 1.08. The van der Waals surface area contributed by atoms with Gasteiger partial charge in [0, 0.05) is 11.1 Å². The molecule has 2 rings (SSSR count). The summed E-state index contributed by atoms with van der Waals surface area (Å²) >= 11 is 12.1. The molecule has 5 heteroatoms. The molecule has 0 fully saturated rings. The lowest BCUT2D eigenvalue weighted by atomic mass is 10.2. The van der Waals surface area contributed by atoms with Crippen LogP contribution in [0, 0.1) is 0 Å². The number of hydrogen-bond donors (Lipinski definition) is 0. The van der Waals surface area contributed by atoms with Crippen LogP contribution in [-0.4, -0.2) is 12.9 Å². The monoisotopic (exact) mass is 324 g/mol. The fourth-order valence-corrected chi connectivity index (χ4v) is 2.18. The van der Waals surface area contributed by atoms with E-state index in [1.54, 1.807) is 24.3 Å². The van der Waals surface area contributed by atoms with Crippen molar-refractivity contribution in [3.05, 3.63) is 57.6 Å². The Morgan fingerprint density at radius 1 is 1.10 bits per heavy atom. The molecule has 2 aromatic carbocycles. The van der Waals surface area contributed by atoms with Crippen molar-refractivity contribution >= 4 is 29.5 Å². The van der Waals surface area contributed by atoms with E-state index >= 15 is 0 Å². The highest BCUT2D eigenvalue weighted by atomic mass is 35.5. The summed E-state index contributed by atoms with van der Waals surface area (Å²) in [4.78, 5) is 10.8. The summed E-state index contributed by atoms with van der Waals surface area (Å²) in [6, 6.07) is 10.4. The molecule has 3 nitrogen and oxygen atoms in total. The lowest BCUT2D eigenvalue weighted by Gasteiger charge is -2.13. The van der Waals surface area contributed by atoms with Gasteiger partial charge in [-0.15, -0.1) is 0 Å². The molecule has 0 spiro atoms. The first-order chi connectivity index (χ1) is 10.2. The Balaban J connectivity index is 2.19. The molecule has 2 aromatic rings. The predicted molar refractivity (Wildman–Crippen MR) is 83.8 cm³/mol. The first-order valence-electron chi connectivity index (χ1n) is 6.43. The highest BCUT2D eigenvalue weighted by Crippen LogP contribution is 2.31. The Hall–Kier alpha value is -1.71. The molecular formula is C16H14Cl2O3. The molecule has 0 aliphatic carbocycles. The van der Waals surface area contributed by atoms with E-state index in [2.05, 4.69) is 0 Å². The zero-order chi connectivity index (χ0) is 15.2. The molecule has 0 N–H and O–H groups in total. The minimum absolute atomic E-state index is 0.264. The normalized spacial score (nSPS) is 10.2. The molecule has 0 saturated carbocycles. The van der Waals surface area contributed by atoms with Crippen LogP contribution in [0.2, 0.25) is 10.0 Å². The summed E-state index contributed by atoms with van der Waals surface area (Å²) in [7, 11) is 0. The van der Waals surface area contributed by atoms with E-state index in [0.717, 1.165) is 11.8 Å².